The van der Waals surface area contributed by atoms with E-state index in [1.165, 1.54) is 0 Å². The summed E-state index contributed by atoms with van der Waals surface area (Å²) in [6.45, 7) is 4.19. The summed E-state index contributed by atoms with van der Waals surface area (Å²) in [6.07, 6.45) is 9.38. The number of nitrogens with zero attached hydrogens (tertiary/aromatic N) is 1. The van der Waals surface area contributed by atoms with Crippen LogP contribution in [0, 0.1) is 16.7 Å². The number of carbonyl (C=O) groups excluding carboxylic acids is 2. The lowest BCUT2D eigenvalue weighted by Crippen LogP contribution is -2.55. The summed E-state index contributed by atoms with van der Waals surface area (Å²) in [6, 6.07) is 0.00822. The van der Waals surface area contributed by atoms with E-state index < -0.39 is 5.41 Å². The Labute approximate surface area is 125 Å². The zero-order valence-electron chi connectivity index (χ0n) is 12.8. The second-order valence-electron chi connectivity index (χ2n) is 7.65. The molecule has 1 amide bonds. The first kappa shape index (κ1) is 13.5. The third-order valence-corrected chi connectivity index (χ3v) is 6.55. The number of ketones is 1. The fraction of sp³-hybridized carbons (Fsp3) is 0.765. The Hall–Kier alpha value is -1.16. The number of rotatable bonds is 1. The standard InChI is InChI=1S/C17H23NO3/c1-16(2)11-8-9-17(16,14(19)10-11)15(20)18-12-4-3-5-13(21-18)7-6-12/h6-7,11-13H,3-5,8-10H2,1-2H3/t11-,12-,13+,17+/m1/s1. The molecule has 4 heteroatoms. The molecule has 21 heavy (non-hydrogen) atoms. The van der Waals surface area contributed by atoms with Crippen LogP contribution >= 0.6 is 0 Å². The van der Waals surface area contributed by atoms with Crippen LogP contribution in [-0.4, -0.2) is 28.9 Å². The van der Waals surface area contributed by atoms with Crippen LogP contribution in [0.15, 0.2) is 12.2 Å². The van der Waals surface area contributed by atoms with Crippen molar-refractivity contribution in [3.05, 3.63) is 12.2 Å². The lowest BCUT2D eigenvalue weighted by molar-refractivity contribution is -0.220. The molecule has 2 aliphatic heterocycles. The van der Waals surface area contributed by atoms with Gasteiger partial charge in [-0.3, -0.25) is 14.4 Å². The van der Waals surface area contributed by atoms with Crippen molar-refractivity contribution in [2.45, 2.75) is 64.5 Å². The van der Waals surface area contributed by atoms with Gasteiger partial charge < -0.3 is 0 Å². The van der Waals surface area contributed by atoms with Gasteiger partial charge in [0.05, 0.1) is 6.04 Å². The van der Waals surface area contributed by atoms with Crippen LogP contribution in [0.2, 0.25) is 0 Å². The number of hydroxylamine groups is 2. The Balaban J connectivity index is 1.72. The largest absolute Gasteiger partial charge is 0.298 e. The van der Waals surface area contributed by atoms with Gasteiger partial charge in [0.15, 0.2) is 0 Å². The molecule has 5 rings (SSSR count). The van der Waals surface area contributed by atoms with E-state index in [0.717, 1.165) is 25.7 Å². The molecule has 0 radical (unpaired) electrons. The van der Waals surface area contributed by atoms with Crippen molar-refractivity contribution in [2.75, 3.05) is 0 Å². The number of Topliss-reactive ketones (excluding diaryl/α,β-unsaturated/α-hetero) is 1. The molecule has 0 spiro atoms. The van der Waals surface area contributed by atoms with Gasteiger partial charge in [0, 0.05) is 6.42 Å². The Bertz CT molecular complexity index is 538. The van der Waals surface area contributed by atoms with Gasteiger partial charge in [0.2, 0.25) is 0 Å². The summed E-state index contributed by atoms with van der Waals surface area (Å²) in [5.41, 5.74) is -1.07. The maximum absolute atomic E-state index is 13.3. The fourth-order valence-corrected chi connectivity index (χ4v) is 5.04. The van der Waals surface area contributed by atoms with Crippen LogP contribution in [-0.2, 0) is 14.4 Å². The zero-order valence-corrected chi connectivity index (χ0v) is 12.8. The van der Waals surface area contributed by atoms with Crippen molar-refractivity contribution in [1.82, 2.24) is 5.06 Å². The highest BCUT2D eigenvalue weighted by Gasteiger charge is 2.69. The van der Waals surface area contributed by atoms with Crippen molar-refractivity contribution in [2.24, 2.45) is 16.7 Å². The molecular formula is C17H23NO3. The molecule has 2 heterocycles. The number of fused-ring (bicyclic) bond motifs is 5. The third kappa shape index (κ3) is 1.54. The lowest BCUT2D eigenvalue weighted by Gasteiger charge is -2.41. The van der Waals surface area contributed by atoms with E-state index in [4.69, 9.17) is 4.84 Å². The van der Waals surface area contributed by atoms with Crippen molar-refractivity contribution in [3.63, 3.8) is 0 Å². The first-order chi connectivity index (χ1) is 9.97. The minimum Gasteiger partial charge on any atom is -0.298 e. The smallest absolute Gasteiger partial charge is 0.260 e. The summed E-state index contributed by atoms with van der Waals surface area (Å²) in [5, 5.41) is 1.56. The van der Waals surface area contributed by atoms with Crippen LogP contribution in [0.5, 0.6) is 0 Å². The van der Waals surface area contributed by atoms with Gasteiger partial charge in [-0.05, 0) is 43.4 Å². The van der Waals surface area contributed by atoms with Crippen LogP contribution in [0.1, 0.15) is 52.4 Å². The number of hydrogen-bond acceptors (Lipinski definition) is 3. The molecular weight excluding hydrogens is 266 g/mol. The molecule has 4 nitrogen and oxygen atoms in total. The van der Waals surface area contributed by atoms with Crippen molar-refractivity contribution < 1.29 is 14.4 Å². The van der Waals surface area contributed by atoms with Crippen LogP contribution in [0.25, 0.3) is 0 Å². The SMILES string of the molecule is CC1(C)[C@@H]2CC[C@@]1(C(=O)N1O[C@@H]3C=C[C@H]1CCC3)C(=O)C2. The van der Waals surface area contributed by atoms with Gasteiger partial charge in [0.25, 0.3) is 5.91 Å². The molecule has 0 aromatic carbocycles. The highest BCUT2D eigenvalue weighted by molar-refractivity contribution is 6.09. The van der Waals surface area contributed by atoms with Crippen LogP contribution < -0.4 is 0 Å². The summed E-state index contributed by atoms with van der Waals surface area (Å²) >= 11 is 0. The monoisotopic (exact) mass is 289 g/mol. The molecule has 0 N–H and O–H groups in total. The van der Waals surface area contributed by atoms with E-state index in [9.17, 15) is 9.59 Å². The van der Waals surface area contributed by atoms with Crippen molar-refractivity contribution in [1.29, 1.82) is 0 Å². The molecule has 4 atom stereocenters. The topological polar surface area (TPSA) is 46.6 Å². The van der Waals surface area contributed by atoms with Crippen LogP contribution in [0.3, 0.4) is 0 Å². The minimum absolute atomic E-state index is 0.000849. The van der Waals surface area contributed by atoms with E-state index in [1.54, 1.807) is 5.06 Å². The molecule has 3 aliphatic carbocycles. The molecule has 4 bridgehead atoms. The average molecular weight is 289 g/mol. The molecule has 5 aliphatic rings. The molecule has 0 aromatic heterocycles. The zero-order chi connectivity index (χ0) is 14.8. The van der Waals surface area contributed by atoms with E-state index in [2.05, 4.69) is 26.0 Å². The Morgan fingerprint density at radius 2 is 2.10 bits per heavy atom. The van der Waals surface area contributed by atoms with E-state index >= 15 is 0 Å². The Kier molecular flexibility index (Phi) is 2.69. The summed E-state index contributed by atoms with van der Waals surface area (Å²) in [5.74, 6) is 0.425. The van der Waals surface area contributed by atoms with Gasteiger partial charge in [-0.2, -0.15) is 0 Å². The molecule has 2 saturated carbocycles. The van der Waals surface area contributed by atoms with Crippen molar-refractivity contribution in [3.8, 4) is 0 Å². The molecule has 0 aromatic rings. The Morgan fingerprint density at radius 3 is 2.76 bits per heavy atom. The summed E-state index contributed by atoms with van der Waals surface area (Å²) < 4.78 is 0. The lowest BCUT2D eigenvalue weighted by atomic mass is 9.68. The second-order valence-corrected chi connectivity index (χ2v) is 7.65. The normalized spacial score (nSPS) is 43.4. The predicted molar refractivity (Wildman–Crippen MR) is 77.1 cm³/mol. The molecule has 3 fully saturated rings. The first-order valence-corrected chi connectivity index (χ1v) is 8.19. The maximum atomic E-state index is 13.3. The van der Waals surface area contributed by atoms with E-state index in [-0.39, 0.29) is 29.3 Å². The maximum Gasteiger partial charge on any atom is 0.260 e. The molecule has 114 valence electrons. The third-order valence-electron chi connectivity index (χ3n) is 6.55. The number of hydrogen-bond donors (Lipinski definition) is 0. The second kappa shape index (κ2) is 4.19. The number of amides is 1. The average Bonchev–Trinajstić information content (AvgIpc) is 2.73. The highest BCUT2D eigenvalue weighted by Crippen LogP contribution is 2.64. The van der Waals surface area contributed by atoms with Gasteiger partial charge in [-0.1, -0.05) is 26.0 Å². The molecule has 1 saturated heterocycles. The quantitative estimate of drug-likeness (QED) is 0.550. The first-order valence-electron chi connectivity index (χ1n) is 8.19. The summed E-state index contributed by atoms with van der Waals surface area (Å²) in [7, 11) is 0. The van der Waals surface area contributed by atoms with Crippen LogP contribution in [0.4, 0.5) is 0 Å². The molecule has 0 unspecified atom stereocenters. The highest BCUT2D eigenvalue weighted by atomic mass is 16.7. The minimum atomic E-state index is -0.837. The van der Waals surface area contributed by atoms with Gasteiger partial charge in [-0.15, -0.1) is 0 Å². The Morgan fingerprint density at radius 1 is 1.29 bits per heavy atom. The van der Waals surface area contributed by atoms with Gasteiger partial charge in [-0.25, -0.2) is 5.06 Å². The number of carbonyl (C=O) groups is 2. The summed E-state index contributed by atoms with van der Waals surface area (Å²) in [4.78, 5) is 31.8. The van der Waals surface area contributed by atoms with Crippen molar-refractivity contribution >= 4 is 11.7 Å². The van der Waals surface area contributed by atoms with Gasteiger partial charge in [0.1, 0.15) is 17.3 Å². The predicted octanol–water partition coefficient (Wildman–Crippen LogP) is 2.63. The fourth-order valence-electron chi connectivity index (χ4n) is 5.04. The van der Waals surface area contributed by atoms with E-state index in [1.807, 2.05) is 0 Å². The van der Waals surface area contributed by atoms with Gasteiger partial charge >= 0.3 is 0 Å². The van der Waals surface area contributed by atoms with E-state index in [0.29, 0.717) is 18.8 Å².